The zero-order valence-electron chi connectivity index (χ0n) is 17.8. The van der Waals surface area contributed by atoms with Gasteiger partial charge in [0.15, 0.2) is 0 Å². The fourth-order valence-corrected chi connectivity index (χ4v) is 5.99. The number of hydrogen-bond donors (Lipinski definition) is 0. The Bertz CT molecular complexity index is 1190. The van der Waals surface area contributed by atoms with Crippen LogP contribution in [0.25, 0.3) is 6.08 Å². The van der Waals surface area contributed by atoms with E-state index in [1.165, 1.54) is 63.8 Å². The SMILES string of the molecule is CC1=Cc2cc3c(cc2C1C1=C(C)[CH]C2=C1C(c1ccccc1)C=CC=C2)CCC3. The van der Waals surface area contributed by atoms with E-state index in [0.29, 0.717) is 11.8 Å². The van der Waals surface area contributed by atoms with Crippen molar-refractivity contribution in [1.82, 2.24) is 0 Å². The van der Waals surface area contributed by atoms with E-state index in [1.54, 1.807) is 11.1 Å². The van der Waals surface area contributed by atoms with Gasteiger partial charge in [-0.1, -0.05) is 84.0 Å². The van der Waals surface area contributed by atoms with Crippen LogP contribution in [-0.2, 0) is 12.8 Å². The van der Waals surface area contributed by atoms with Crippen LogP contribution in [0.5, 0.6) is 0 Å². The lowest BCUT2D eigenvalue weighted by atomic mass is 9.77. The average Bonchev–Trinajstić information content (AvgIpc) is 3.37. The Balaban J connectivity index is 1.51. The molecule has 0 nitrogen and oxygen atoms in total. The number of benzene rings is 2. The van der Waals surface area contributed by atoms with Gasteiger partial charge in [0.25, 0.3) is 0 Å². The lowest BCUT2D eigenvalue weighted by Gasteiger charge is -2.26. The summed E-state index contributed by atoms with van der Waals surface area (Å²) in [6.45, 7) is 4.64. The van der Waals surface area contributed by atoms with Crippen molar-refractivity contribution in [3.63, 3.8) is 0 Å². The van der Waals surface area contributed by atoms with Gasteiger partial charge in [0.1, 0.15) is 0 Å². The van der Waals surface area contributed by atoms with Crippen LogP contribution in [0.15, 0.2) is 94.6 Å². The van der Waals surface area contributed by atoms with Crippen molar-refractivity contribution < 1.29 is 0 Å². The highest BCUT2D eigenvalue weighted by molar-refractivity contribution is 5.76. The molecule has 4 aliphatic carbocycles. The van der Waals surface area contributed by atoms with Crippen molar-refractivity contribution in [3.05, 3.63) is 129 Å². The van der Waals surface area contributed by atoms with Crippen LogP contribution in [-0.4, -0.2) is 0 Å². The smallest absolute Gasteiger partial charge is 0.0308 e. The highest BCUT2D eigenvalue weighted by Gasteiger charge is 2.37. The highest BCUT2D eigenvalue weighted by Crippen LogP contribution is 2.53. The molecule has 0 amide bonds. The Morgan fingerprint density at radius 2 is 1.67 bits per heavy atom. The van der Waals surface area contributed by atoms with E-state index in [1.807, 2.05) is 0 Å². The molecule has 2 unspecified atom stereocenters. The first-order valence-corrected chi connectivity index (χ1v) is 11.2. The second-order valence-corrected chi connectivity index (χ2v) is 9.17. The van der Waals surface area contributed by atoms with Gasteiger partial charge in [-0.25, -0.2) is 0 Å². The van der Waals surface area contributed by atoms with Crippen molar-refractivity contribution in [2.75, 3.05) is 0 Å². The Labute approximate surface area is 180 Å². The molecule has 30 heavy (non-hydrogen) atoms. The molecule has 2 aromatic carbocycles. The van der Waals surface area contributed by atoms with Gasteiger partial charge < -0.3 is 0 Å². The molecule has 0 fully saturated rings. The summed E-state index contributed by atoms with van der Waals surface area (Å²) in [5.74, 6) is 0.673. The van der Waals surface area contributed by atoms with E-state index in [0.717, 1.165) is 0 Å². The normalized spacial score (nSPS) is 24.1. The fraction of sp³-hybridized carbons (Fsp3) is 0.233. The molecular weight excluding hydrogens is 360 g/mol. The molecule has 0 spiro atoms. The standard InChI is InChI=1S/C30H27/c1-19-16-25-17-22-12-8-13-23(22)18-27(25)28(19)29-20(2)15-24-11-6-7-14-26(30(24)29)21-9-4-3-5-10-21/h3-7,9-11,14-18,26,28H,8,12-13H2,1-2H3. The third-order valence-electron chi connectivity index (χ3n) is 7.29. The predicted molar refractivity (Wildman–Crippen MR) is 126 cm³/mol. The van der Waals surface area contributed by atoms with Gasteiger partial charge in [-0.2, -0.15) is 0 Å². The van der Waals surface area contributed by atoms with Crippen molar-refractivity contribution in [2.24, 2.45) is 0 Å². The predicted octanol–water partition coefficient (Wildman–Crippen LogP) is 7.42. The molecule has 0 heteroatoms. The summed E-state index contributed by atoms with van der Waals surface area (Å²) in [5, 5.41) is 0. The summed E-state index contributed by atoms with van der Waals surface area (Å²) in [6, 6.07) is 16.0. The molecule has 0 saturated heterocycles. The summed E-state index contributed by atoms with van der Waals surface area (Å²) < 4.78 is 0. The number of allylic oxidation sites excluding steroid dienone is 9. The first-order chi connectivity index (χ1) is 14.7. The molecule has 147 valence electrons. The molecule has 0 saturated carbocycles. The van der Waals surface area contributed by atoms with Gasteiger partial charge in [0.2, 0.25) is 0 Å². The molecule has 2 aromatic rings. The Kier molecular flexibility index (Phi) is 4.09. The quantitative estimate of drug-likeness (QED) is 0.503. The lowest BCUT2D eigenvalue weighted by Crippen LogP contribution is -2.10. The van der Waals surface area contributed by atoms with Gasteiger partial charge in [0.05, 0.1) is 0 Å². The van der Waals surface area contributed by atoms with E-state index in [9.17, 15) is 0 Å². The molecule has 0 bridgehead atoms. The minimum absolute atomic E-state index is 0.297. The van der Waals surface area contributed by atoms with Gasteiger partial charge in [0, 0.05) is 18.3 Å². The zero-order valence-corrected chi connectivity index (χ0v) is 17.8. The second-order valence-electron chi connectivity index (χ2n) is 9.17. The first kappa shape index (κ1) is 18.0. The van der Waals surface area contributed by atoms with Gasteiger partial charge >= 0.3 is 0 Å². The van der Waals surface area contributed by atoms with Crippen LogP contribution in [0.1, 0.15) is 59.9 Å². The minimum atomic E-state index is 0.297. The van der Waals surface area contributed by atoms with Crippen LogP contribution < -0.4 is 0 Å². The second kappa shape index (κ2) is 6.84. The van der Waals surface area contributed by atoms with Crippen LogP contribution >= 0.6 is 0 Å². The van der Waals surface area contributed by atoms with E-state index in [-0.39, 0.29) is 0 Å². The number of rotatable bonds is 2. The van der Waals surface area contributed by atoms with Crippen molar-refractivity contribution in [1.29, 1.82) is 0 Å². The molecule has 0 aromatic heterocycles. The van der Waals surface area contributed by atoms with Gasteiger partial charge in [-0.3, -0.25) is 0 Å². The van der Waals surface area contributed by atoms with Crippen LogP contribution in [0.3, 0.4) is 0 Å². The van der Waals surface area contributed by atoms with Crippen molar-refractivity contribution >= 4 is 6.08 Å². The molecule has 0 N–H and O–H groups in total. The summed E-state index contributed by atoms with van der Waals surface area (Å²) >= 11 is 0. The Hall–Kier alpha value is -2.86. The zero-order chi connectivity index (χ0) is 20.2. The molecule has 6 rings (SSSR count). The monoisotopic (exact) mass is 387 g/mol. The van der Waals surface area contributed by atoms with E-state index >= 15 is 0 Å². The van der Waals surface area contributed by atoms with Crippen LogP contribution in [0, 0.1) is 6.42 Å². The van der Waals surface area contributed by atoms with Gasteiger partial charge in [-0.15, -0.1) is 0 Å². The maximum absolute atomic E-state index is 2.54. The maximum Gasteiger partial charge on any atom is 0.0308 e. The van der Waals surface area contributed by atoms with Crippen LogP contribution in [0.4, 0.5) is 0 Å². The lowest BCUT2D eigenvalue weighted by molar-refractivity contribution is 0.888. The van der Waals surface area contributed by atoms with E-state index < -0.39 is 0 Å². The maximum atomic E-state index is 2.54. The molecule has 4 aliphatic rings. The summed E-state index contributed by atoms with van der Waals surface area (Å²) in [7, 11) is 0. The topological polar surface area (TPSA) is 0 Å². The van der Waals surface area contributed by atoms with E-state index in [2.05, 4.69) is 93.1 Å². The molecule has 0 heterocycles. The third kappa shape index (κ3) is 2.67. The molecule has 0 aliphatic heterocycles. The fourth-order valence-electron chi connectivity index (χ4n) is 5.99. The number of hydrogen-bond acceptors (Lipinski definition) is 0. The third-order valence-corrected chi connectivity index (χ3v) is 7.29. The van der Waals surface area contributed by atoms with Gasteiger partial charge in [-0.05, 0) is 77.6 Å². The van der Waals surface area contributed by atoms with Crippen LogP contribution in [0.2, 0.25) is 0 Å². The molecule has 1 radical (unpaired) electrons. The Morgan fingerprint density at radius 1 is 0.867 bits per heavy atom. The van der Waals surface area contributed by atoms with Crippen molar-refractivity contribution in [2.45, 2.75) is 44.9 Å². The Morgan fingerprint density at radius 3 is 2.50 bits per heavy atom. The summed E-state index contributed by atoms with van der Waals surface area (Å²) in [5.41, 5.74) is 14.8. The average molecular weight is 388 g/mol. The minimum Gasteiger partial charge on any atom is -0.0726 e. The molecule has 2 atom stereocenters. The summed E-state index contributed by atoms with van der Waals surface area (Å²) in [6.07, 6.45) is 17.7. The van der Waals surface area contributed by atoms with E-state index in [4.69, 9.17) is 0 Å². The first-order valence-electron chi connectivity index (χ1n) is 11.2. The number of fused-ring (bicyclic) bond motifs is 2. The summed E-state index contributed by atoms with van der Waals surface area (Å²) in [4.78, 5) is 0. The number of aryl methyl sites for hydroxylation is 2. The molecular formula is C30H27. The largest absolute Gasteiger partial charge is 0.0726 e. The highest BCUT2D eigenvalue weighted by atomic mass is 14.4. The van der Waals surface area contributed by atoms with Crippen molar-refractivity contribution in [3.8, 4) is 0 Å².